The number of thiophene rings is 1. The predicted octanol–water partition coefficient (Wildman–Crippen LogP) is 4.52. The second-order valence-corrected chi connectivity index (χ2v) is 8.83. The predicted molar refractivity (Wildman–Crippen MR) is 114 cm³/mol. The number of carbonyl (C=O) groups excluding carboxylic acids is 1. The Morgan fingerprint density at radius 2 is 2.07 bits per heavy atom. The third-order valence-corrected chi connectivity index (χ3v) is 6.52. The zero-order valence-electron chi connectivity index (χ0n) is 15.8. The summed E-state index contributed by atoms with van der Waals surface area (Å²) in [5.74, 6) is -0.623. The minimum Gasteiger partial charge on any atom is -0.325 e. The van der Waals surface area contributed by atoms with Crippen molar-refractivity contribution in [2.45, 2.75) is 37.7 Å². The molecule has 2 heterocycles. The van der Waals surface area contributed by atoms with E-state index in [-0.39, 0.29) is 17.3 Å². The number of hydrogen-bond donors (Lipinski definition) is 1. The Labute approximate surface area is 170 Å². The minimum absolute atomic E-state index is 0.125. The van der Waals surface area contributed by atoms with Crippen LogP contribution in [0.25, 0.3) is 10.2 Å². The molecule has 0 bridgehead atoms. The highest BCUT2D eigenvalue weighted by molar-refractivity contribution is 8.00. The van der Waals surface area contributed by atoms with Gasteiger partial charge < -0.3 is 5.32 Å². The number of halogens is 1. The van der Waals surface area contributed by atoms with Gasteiger partial charge >= 0.3 is 0 Å². The fourth-order valence-electron chi connectivity index (χ4n) is 2.68. The molecule has 1 amide bonds. The van der Waals surface area contributed by atoms with Gasteiger partial charge in [-0.3, -0.25) is 14.2 Å². The number of carbonyl (C=O) groups is 1. The zero-order chi connectivity index (χ0) is 20.4. The van der Waals surface area contributed by atoms with Crippen molar-refractivity contribution in [3.8, 4) is 0 Å². The smallest absolute Gasteiger partial charge is 0.263 e. The second-order valence-electron chi connectivity index (χ2n) is 6.32. The van der Waals surface area contributed by atoms with Crippen LogP contribution in [-0.4, -0.2) is 20.7 Å². The maximum Gasteiger partial charge on any atom is 0.263 e. The van der Waals surface area contributed by atoms with E-state index in [2.05, 4.69) is 16.9 Å². The number of thioether (sulfide) groups is 1. The van der Waals surface area contributed by atoms with E-state index >= 15 is 0 Å². The topological polar surface area (TPSA) is 64.0 Å². The summed E-state index contributed by atoms with van der Waals surface area (Å²) in [4.78, 5) is 31.9. The molecular formula is C20H20FN3O2S2. The van der Waals surface area contributed by atoms with Crippen LogP contribution in [0.4, 0.5) is 10.1 Å². The molecule has 1 atom stereocenters. The number of nitrogens with one attached hydrogen (secondary N) is 1. The molecule has 0 aliphatic rings. The summed E-state index contributed by atoms with van der Waals surface area (Å²) in [7, 11) is 0. The van der Waals surface area contributed by atoms with Gasteiger partial charge in [-0.15, -0.1) is 17.9 Å². The molecule has 0 saturated carbocycles. The van der Waals surface area contributed by atoms with Crippen molar-refractivity contribution in [3.05, 3.63) is 63.5 Å². The van der Waals surface area contributed by atoms with Crippen molar-refractivity contribution in [1.82, 2.24) is 9.55 Å². The van der Waals surface area contributed by atoms with E-state index < -0.39 is 5.25 Å². The van der Waals surface area contributed by atoms with Crippen LogP contribution in [-0.2, 0) is 11.3 Å². The molecule has 0 saturated heterocycles. The first-order valence-corrected chi connectivity index (χ1v) is 10.4. The van der Waals surface area contributed by atoms with Crippen molar-refractivity contribution < 1.29 is 9.18 Å². The number of aryl methyl sites for hydroxylation is 2. The maximum atomic E-state index is 13.0. The molecule has 5 nitrogen and oxygen atoms in total. The minimum atomic E-state index is -0.507. The van der Waals surface area contributed by atoms with Crippen LogP contribution in [0.2, 0.25) is 0 Å². The first-order chi connectivity index (χ1) is 13.3. The molecule has 28 heavy (non-hydrogen) atoms. The number of aromatic nitrogens is 2. The maximum absolute atomic E-state index is 13.0. The number of anilines is 1. The van der Waals surface area contributed by atoms with E-state index in [0.717, 1.165) is 10.4 Å². The summed E-state index contributed by atoms with van der Waals surface area (Å²) in [6, 6.07) is 5.57. The number of nitrogens with zero attached hydrogens (tertiary/aromatic N) is 2. The van der Waals surface area contributed by atoms with Gasteiger partial charge in [-0.25, -0.2) is 9.37 Å². The first kappa shape index (κ1) is 20.3. The molecule has 0 radical (unpaired) electrons. The van der Waals surface area contributed by atoms with Gasteiger partial charge in [-0.1, -0.05) is 17.8 Å². The highest BCUT2D eigenvalue weighted by Crippen LogP contribution is 2.30. The van der Waals surface area contributed by atoms with Crippen LogP contribution in [0.5, 0.6) is 0 Å². The molecule has 0 fully saturated rings. The third-order valence-electron chi connectivity index (χ3n) is 4.33. The van der Waals surface area contributed by atoms with Crippen LogP contribution in [0.3, 0.4) is 0 Å². The molecule has 3 aromatic rings. The molecule has 0 spiro atoms. The SMILES string of the molecule is C=CCn1c(S[C@H](C)C(=O)Nc2ccc(F)cc2)nc2sc(C)c(C)c2c1=O. The van der Waals surface area contributed by atoms with Gasteiger partial charge in [0.2, 0.25) is 5.91 Å². The number of hydrogen-bond acceptors (Lipinski definition) is 5. The summed E-state index contributed by atoms with van der Waals surface area (Å²) < 4.78 is 14.6. The summed E-state index contributed by atoms with van der Waals surface area (Å²) >= 11 is 2.68. The summed E-state index contributed by atoms with van der Waals surface area (Å²) in [6.07, 6.45) is 1.64. The molecule has 146 valence electrons. The Morgan fingerprint density at radius 1 is 1.39 bits per heavy atom. The van der Waals surface area contributed by atoms with Crippen molar-refractivity contribution in [3.63, 3.8) is 0 Å². The van der Waals surface area contributed by atoms with Crippen LogP contribution in [0.15, 0.2) is 46.9 Å². The van der Waals surface area contributed by atoms with Crippen LogP contribution < -0.4 is 10.9 Å². The lowest BCUT2D eigenvalue weighted by Crippen LogP contribution is -2.26. The van der Waals surface area contributed by atoms with Gasteiger partial charge in [-0.2, -0.15) is 0 Å². The van der Waals surface area contributed by atoms with Crippen molar-refractivity contribution in [2.24, 2.45) is 0 Å². The molecule has 8 heteroatoms. The lowest BCUT2D eigenvalue weighted by atomic mass is 10.2. The number of amides is 1. The fourth-order valence-corrected chi connectivity index (χ4v) is 4.67. The lowest BCUT2D eigenvalue weighted by molar-refractivity contribution is -0.115. The van der Waals surface area contributed by atoms with Crippen LogP contribution in [0.1, 0.15) is 17.4 Å². The van der Waals surface area contributed by atoms with Crippen LogP contribution in [0, 0.1) is 19.7 Å². The average Bonchev–Trinajstić information content (AvgIpc) is 2.94. The Hall–Kier alpha value is -2.45. The van der Waals surface area contributed by atoms with E-state index in [9.17, 15) is 14.0 Å². The normalized spacial score (nSPS) is 12.1. The molecular weight excluding hydrogens is 397 g/mol. The van der Waals surface area contributed by atoms with E-state index in [1.54, 1.807) is 17.6 Å². The number of fused-ring (bicyclic) bond motifs is 1. The summed E-state index contributed by atoms with van der Waals surface area (Å²) in [5.41, 5.74) is 1.32. The van der Waals surface area contributed by atoms with Crippen LogP contribution >= 0.6 is 23.1 Å². The van der Waals surface area contributed by atoms with Gasteiger partial charge in [0.05, 0.1) is 10.6 Å². The van der Waals surface area contributed by atoms with E-state index in [1.165, 1.54) is 47.4 Å². The van der Waals surface area contributed by atoms with Gasteiger partial charge in [0.1, 0.15) is 10.6 Å². The highest BCUT2D eigenvalue weighted by Gasteiger charge is 2.21. The van der Waals surface area contributed by atoms with E-state index in [1.807, 2.05) is 13.8 Å². The number of rotatable bonds is 6. The molecule has 0 aliphatic heterocycles. The Bertz CT molecular complexity index is 1100. The van der Waals surface area contributed by atoms with Crippen molar-refractivity contribution in [1.29, 1.82) is 0 Å². The summed E-state index contributed by atoms with van der Waals surface area (Å²) in [6.45, 7) is 9.65. The average molecular weight is 418 g/mol. The van der Waals surface area contributed by atoms with Gasteiger partial charge in [-0.05, 0) is 50.6 Å². The number of allylic oxidation sites excluding steroid dienone is 1. The molecule has 2 aromatic heterocycles. The molecule has 1 aromatic carbocycles. The number of benzene rings is 1. The second kappa shape index (κ2) is 8.28. The zero-order valence-corrected chi connectivity index (χ0v) is 17.4. The Morgan fingerprint density at radius 3 is 2.71 bits per heavy atom. The van der Waals surface area contributed by atoms with E-state index in [4.69, 9.17) is 0 Å². The monoisotopic (exact) mass is 417 g/mol. The third kappa shape index (κ3) is 4.02. The Kier molecular flexibility index (Phi) is 6.00. The quantitative estimate of drug-likeness (QED) is 0.364. The molecule has 0 aliphatic carbocycles. The standard InChI is InChI=1S/C20H20FN3O2S2/c1-5-10-24-19(26)16-11(2)12(3)27-18(16)23-20(24)28-13(4)17(25)22-15-8-6-14(21)7-9-15/h5-9,13H,1,10H2,2-4H3,(H,22,25)/t13-/m1/s1. The van der Waals surface area contributed by atoms with Crippen molar-refractivity contribution >= 4 is 44.9 Å². The largest absolute Gasteiger partial charge is 0.325 e. The van der Waals surface area contributed by atoms with E-state index in [0.29, 0.717) is 27.6 Å². The van der Waals surface area contributed by atoms with Gasteiger partial charge in [0.15, 0.2) is 5.16 Å². The molecule has 3 rings (SSSR count). The van der Waals surface area contributed by atoms with Gasteiger partial charge in [0.25, 0.3) is 5.56 Å². The first-order valence-electron chi connectivity index (χ1n) is 8.66. The van der Waals surface area contributed by atoms with Gasteiger partial charge in [0, 0.05) is 17.1 Å². The Balaban J connectivity index is 1.90. The van der Waals surface area contributed by atoms with Crippen molar-refractivity contribution in [2.75, 3.05) is 5.32 Å². The molecule has 1 N–H and O–H groups in total. The fraction of sp³-hybridized carbons (Fsp3) is 0.250. The summed E-state index contributed by atoms with van der Waals surface area (Å²) in [5, 5.41) is 3.33. The lowest BCUT2D eigenvalue weighted by Gasteiger charge is -2.15. The molecule has 0 unspecified atom stereocenters. The highest BCUT2D eigenvalue weighted by atomic mass is 32.2.